The minimum atomic E-state index is -4.58. The predicted octanol–water partition coefficient (Wildman–Crippen LogP) is 3.86. The molecule has 0 N–H and O–H groups in total. The van der Waals surface area contributed by atoms with Crippen LogP contribution < -0.4 is 0 Å². The van der Waals surface area contributed by atoms with E-state index in [9.17, 15) is 40.7 Å². The number of amides is 2. The molecular weight excluding hydrogens is 470 g/mol. The zero-order valence-corrected chi connectivity index (χ0v) is 17.6. The molecule has 0 unspecified atom stereocenters. The first-order valence-corrected chi connectivity index (χ1v) is 9.85. The molecule has 6 nitrogen and oxygen atoms in total. The molecule has 0 saturated carbocycles. The number of esters is 1. The highest BCUT2D eigenvalue weighted by atomic mass is 19.4. The van der Waals surface area contributed by atoms with Gasteiger partial charge in [0.1, 0.15) is 6.04 Å². The second-order valence-corrected chi connectivity index (χ2v) is 7.44. The third-order valence-corrected chi connectivity index (χ3v) is 5.32. The smallest absolute Gasteiger partial charge is 0.416 e. The number of hydrogen-bond donors (Lipinski definition) is 0. The molecule has 1 heterocycles. The SMILES string of the molecule is COC(=O)[C@H]1CN(C(=O)c2ccc(C(F)(F)F)cc2)CCN1C(=O)c1ccc(C(F)(F)F)cc1. The van der Waals surface area contributed by atoms with Crippen LogP contribution in [0, 0.1) is 0 Å². The number of nitrogens with zero attached hydrogens (tertiary/aromatic N) is 2. The molecule has 34 heavy (non-hydrogen) atoms. The predicted molar refractivity (Wildman–Crippen MR) is 106 cm³/mol. The van der Waals surface area contributed by atoms with Gasteiger partial charge >= 0.3 is 18.3 Å². The lowest BCUT2D eigenvalue weighted by Gasteiger charge is -2.40. The van der Waals surface area contributed by atoms with Crippen molar-refractivity contribution in [3.05, 3.63) is 70.8 Å². The quantitative estimate of drug-likeness (QED) is 0.486. The maximum Gasteiger partial charge on any atom is 0.416 e. The van der Waals surface area contributed by atoms with Gasteiger partial charge in [-0.1, -0.05) is 0 Å². The van der Waals surface area contributed by atoms with Crippen LogP contribution in [-0.4, -0.2) is 60.4 Å². The highest BCUT2D eigenvalue weighted by Gasteiger charge is 2.39. The van der Waals surface area contributed by atoms with Crippen LogP contribution in [0.1, 0.15) is 31.8 Å². The number of hydrogen-bond acceptors (Lipinski definition) is 4. The van der Waals surface area contributed by atoms with E-state index in [-0.39, 0.29) is 30.8 Å². The molecule has 0 radical (unpaired) electrons. The summed E-state index contributed by atoms with van der Waals surface area (Å²) in [5.74, 6) is -2.24. The first-order chi connectivity index (χ1) is 15.8. The zero-order chi connectivity index (χ0) is 25.3. The lowest BCUT2D eigenvalue weighted by Crippen LogP contribution is -2.59. The largest absolute Gasteiger partial charge is 0.467 e. The van der Waals surface area contributed by atoms with Gasteiger partial charge in [0.15, 0.2) is 0 Å². The summed E-state index contributed by atoms with van der Waals surface area (Å²) in [7, 11) is 1.07. The number of halogens is 6. The van der Waals surface area contributed by atoms with Gasteiger partial charge in [0.25, 0.3) is 11.8 Å². The normalized spacial score (nSPS) is 16.9. The summed E-state index contributed by atoms with van der Waals surface area (Å²) in [6, 6.07) is 5.74. The minimum Gasteiger partial charge on any atom is -0.467 e. The molecule has 2 amide bonds. The Morgan fingerprint density at radius 3 is 1.62 bits per heavy atom. The number of methoxy groups -OCH3 is 1. The number of rotatable bonds is 3. The minimum absolute atomic E-state index is 0.0425. The van der Waals surface area contributed by atoms with Crippen molar-refractivity contribution < 1.29 is 45.5 Å². The number of ether oxygens (including phenoxy) is 1. The molecule has 0 aromatic heterocycles. The molecule has 1 aliphatic heterocycles. The Hall–Kier alpha value is -3.57. The van der Waals surface area contributed by atoms with Crippen molar-refractivity contribution in [3.8, 4) is 0 Å². The Labute approximate surface area is 189 Å². The van der Waals surface area contributed by atoms with Crippen LogP contribution in [0.3, 0.4) is 0 Å². The average molecular weight is 488 g/mol. The van der Waals surface area contributed by atoms with Gasteiger partial charge in [0, 0.05) is 24.2 Å². The van der Waals surface area contributed by atoms with E-state index >= 15 is 0 Å². The van der Waals surface area contributed by atoms with Crippen molar-refractivity contribution in [1.29, 1.82) is 0 Å². The molecule has 2 aromatic rings. The Morgan fingerprint density at radius 2 is 1.21 bits per heavy atom. The van der Waals surface area contributed by atoms with Crippen molar-refractivity contribution in [2.45, 2.75) is 18.4 Å². The van der Waals surface area contributed by atoms with Crippen LogP contribution in [-0.2, 0) is 21.9 Å². The summed E-state index contributed by atoms with van der Waals surface area (Å²) in [5, 5.41) is 0. The molecular formula is C22H18F6N2O4. The Bertz CT molecular complexity index is 1060. The summed E-state index contributed by atoms with van der Waals surface area (Å²) in [5.41, 5.74) is -2.01. The van der Waals surface area contributed by atoms with Crippen LogP contribution >= 0.6 is 0 Å². The summed E-state index contributed by atoms with van der Waals surface area (Å²) in [4.78, 5) is 40.3. The maximum atomic E-state index is 12.9. The molecule has 1 atom stereocenters. The van der Waals surface area contributed by atoms with Crippen molar-refractivity contribution in [2.24, 2.45) is 0 Å². The third kappa shape index (κ3) is 5.32. The van der Waals surface area contributed by atoms with Crippen LogP contribution in [0.5, 0.6) is 0 Å². The van der Waals surface area contributed by atoms with E-state index in [2.05, 4.69) is 0 Å². The lowest BCUT2D eigenvalue weighted by atomic mass is 10.1. The Balaban J connectivity index is 1.78. The van der Waals surface area contributed by atoms with Crippen molar-refractivity contribution >= 4 is 17.8 Å². The standard InChI is InChI=1S/C22H18F6N2O4/c1-34-20(33)17-12-29(18(31)13-2-6-15(7-3-13)21(23,24)25)10-11-30(17)19(32)14-4-8-16(9-5-14)22(26,27)28/h2-9,17H,10-12H2,1H3/t17-/m1/s1. The number of piperazine rings is 1. The fourth-order valence-electron chi connectivity index (χ4n) is 3.50. The van der Waals surface area contributed by atoms with E-state index in [1.165, 1.54) is 4.90 Å². The monoisotopic (exact) mass is 488 g/mol. The molecule has 3 rings (SSSR count). The molecule has 1 fully saturated rings. The van der Waals surface area contributed by atoms with E-state index in [1.807, 2.05) is 0 Å². The fraction of sp³-hybridized carbons (Fsp3) is 0.318. The van der Waals surface area contributed by atoms with Crippen LogP contribution in [0.2, 0.25) is 0 Å². The number of carbonyl (C=O) groups excluding carboxylic acids is 3. The Kier molecular flexibility index (Phi) is 6.89. The number of carbonyl (C=O) groups is 3. The van der Waals surface area contributed by atoms with Gasteiger partial charge in [0.2, 0.25) is 0 Å². The molecule has 1 saturated heterocycles. The molecule has 0 spiro atoms. The molecule has 1 aliphatic rings. The summed E-state index contributed by atoms with van der Waals surface area (Å²) in [6.07, 6.45) is -9.15. The fourth-order valence-corrected chi connectivity index (χ4v) is 3.50. The Morgan fingerprint density at radius 1 is 0.765 bits per heavy atom. The van der Waals surface area contributed by atoms with Crippen LogP contribution in [0.4, 0.5) is 26.3 Å². The van der Waals surface area contributed by atoms with Gasteiger partial charge in [-0.2, -0.15) is 26.3 Å². The molecule has 0 bridgehead atoms. The molecule has 182 valence electrons. The molecule has 2 aromatic carbocycles. The average Bonchev–Trinajstić information content (AvgIpc) is 2.81. The van der Waals surface area contributed by atoms with E-state index in [4.69, 9.17) is 4.74 Å². The summed E-state index contributed by atoms with van der Waals surface area (Å²) < 4.78 is 81.3. The van der Waals surface area contributed by atoms with Crippen LogP contribution in [0.15, 0.2) is 48.5 Å². The third-order valence-electron chi connectivity index (χ3n) is 5.32. The maximum absolute atomic E-state index is 12.9. The highest BCUT2D eigenvalue weighted by molar-refractivity contribution is 5.98. The van der Waals surface area contributed by atoms with Crippen molar-refractivity contribution in [3.63, 3.8) is 0 Å². The van der Waals surface area contributed by atoms with Gasteiger partial charge in [0.05, 0.1) is 24.8 Å². The van der Waals surface area contributed by atoms with Crippen molar-refractivity contribution in [2.75, 3.05) is 26.7 Å². The topological polar surface area (TPSA) is 66.9 Å². The van der Waals surface area contributed by atoms with Gasteiger partial charge in [-0.15, -0.1) is 0 Å². The second kappa shape index (κ2) is 9.35. The number of benzene rings is 2. The van der Waals surface area contributed by atoms with Gasteiger partial charge in [-0.25, -0.2) is 4.79 Å². The second-order valence-electron chi connectivity index (χ2n) is 7.44. The summed E-state index contributed by atoms with van der Waals surface area (Å²) in [6.45, 7) is -0.509. The molecule has 12 heteroatoms. The van der Waals surface area contributed by atoms with E-state index in [0.29, 0.717) is 0 Å². The lowest BCUT2D eigenvalue weighted by molar-refractivity contribution is -0.147. The summed E-state index contributed by atoms with van der Waals surface area (Å²) >= 11 is 0. The van der Waals surface area contributed by atoms with Gasteiger partial charge < -0.3 is 14.5 Å². The van der Waals surface area contributed by atoms with E-state index in [0.717, 1.165) is 60.5 Å². The number of alkyl halides is 6. The highest BCUT2D eigenvalue weighted by Crippen LogP contribution is 2.30. The van der Waals surface area contributed by atoms with Gasteiger partial charge in [-0.3, -0.25) is 9.59 Å². The molecule has 0 aliphatic carbocycles. The van der Waals surface area contributed by atoms with E-state index < -0.39 is 47.3 Å². The van der Waals surface area contributed by atoms with E-state index in [1.54, 1.807) is 0 Å². The van der Waals surface area contributed by atoms with Crippen LogP contribution in [0.25, 0.3) is 0 Å². The first kappa shape index (κ1) is 25.1. The zero-order valence-electron chi connectivity index (χ0n) is 17.6. The van der Waals surface area contributed by atoms with Crippen molar-refractivity contribution in [1.82, 2.24) is 9.80 Å². The van der Waals surface area contributed by atoms with Gasteiger partial charge in [-0.05, 0) is 48.5 Å². The first-order valence-electron chi connectivity index (χ1n) is 9.85.